The Morgan fingerprint density at radius 2 is 2.28 bits per heavy atom. The average molecular weight is 255 g/mol. The highest BCUT2D eigenvalue weighted by Gasteiger charge is 2.09. The molecule has 0 unspecified atom stereocenters. The summed E-state index contributed by atoms with van der Waals surface area (Å²) in [4.78, 5) is 29.0. The van der Waals surface area contributed by atoms with Gasteiger partial charge in [-0.25, -0.2) is 19.6 Å². The van der Waals surface area contributed by atoms with Gasteiger partial charge in [0, 0.05) is 12.7 Å². The summed E-state index contributed by atoms with van der Waals surface area (Å²) in [5.41, 5.74) is 0. The number of esters is 1. The molecule has 0 aliphatic carbocycles. The molecule has 0 amide bonds. The van der Waals surface area contributed by atoms with Gasteiger partial charge < -0.3 is 19.9 Å². The van der Waals surface area contributed by atoms with Gasteiger partial charge >= 0.3 is 11.9 Å². The number of aliphatic carboxylic acids is 1. The van der Waals surface area contributed by atoms with Crippen LogP contribution in [0.5, 0.6) is 0 Å². The number of methoxy groups -OCH3 is 1. The Balaban J connectivity index is 2.38. The van der Waals surface area contributed by atoms with E-state index in [-0.39, 0.29) is 19.0 Å². The molecule has 98 valence electrons. The van der Waals surface area contributed by atoms with Gasteiger partial charge in [0.1, 0.15) is 12.4 Å². The van der Waals surface area contributed by atoms with Crippen LogP contribution >= 0.6 is 0 Å². The van der Waals surface area contributed by atoms with Crippen LogP contribution in [0.1, 0.15) is 10.6 Å². The summed E-state index contributed by atoms with van der Waals surface area (Å²) in [6.45, 7) is 0.230. The third kappa shape index (κ3) is 4.74. The van der Waals surface area contributed by atoms with E-state index < -0.39 is 11.9 Å². The number of anilines is 1. The van der Waals surface area contributed by atoms with Crippen molar-refractivity contribution in [2.75, 3.05) is 32.2 Å². The number of carbonyl (C=O) groups excluding carboxylic acids is 1. The molecule has 2 N–H and O–H groups in total. The molecule has 0 fully saturated rings. The van der Waals surface area contributed by atoms with Crippen LogP contribution in [0.15, 0.2) is 12.3 Å². The summed E-state index contributed by atoms with van der Waals surface area (Å²) < 4.78 is 9.30. The summed E-state index contributed by atoms with van der Waals surface area (Å²) in [7, 11) is 1.24. The van der Waals surface area contributed by atoms with E-state index in [4.69, 9.17) is 9.84 Å². The highest BCUT2D eigenvalue weighted by molar-refractivity contribution is 5.85. The fourth-order valence-corrected chi connectivity index (χ4v) is 1.06. The summed E-state index contributed by atoms with van der Waals surface area (Å²) >= 11 is 0. The first-order valence-electron chi connectivity index (χ1n) is 5.08. The molecule has 1 rings (SSSR count). The number of nitrogens with one attached hydrogen (secondary N) is 1. The van der Waals surface area contributed by atoms with E-state index >= 15 is 0 Å². The largest absolute Gasteiger partial charge is 0.480 e. The molecule has 8 heteroatoms. The minimum Gasteiger partial charge on any atom is -0.480 e. The molecule has 0 saturated heterocycles. The second kappa shape index (κ2) is 7.17. The van der Waals surface area contributed by atoms with Crippen molar-refractivity contribution < 1.29 is 24.2 Å². The number of rotatable bonds is 7. The lowest BCUT2D eigenvalue weighted by molar-refractivity contribution is -0.142. The Morgan fingerprint density at radius 1 is 1.50 bits per heavy atom. The van der Waals surface area contributed by atoms with Gasteiger partial charge in [0.25, 0.3) is 0 Å². The molecule has 18 heavy (non-hydrogen) atoms. The van der Waals surface area contributed by atoms with E-state index in [0.717, 1.165) is 0 Å². The summed E-state index contributed by atoms with van der Waals surface area (Å²) in [6.07, 6.45) is 1.42. The minimum absolute atomic E-state index is 0.0473. The van der Waals surface area contributed by atoms with E-state index in [1.807, 2.05) is 0 Å². The number of nitrogens with zero attached hydrogens (tertiary/aromatic N) is 2. The number of ether oxygens (including phenoxy) is 2. The SMILES string of the molecule is COC(=O)c1nccc(NCCOCC(=O)O)n1. The van der Waals surface area contributed by atoms with Crippen molar-refractivity contribution in [3.05, 3.63) is 18.1 Å². The number of aromatic nitrogens is 2. The maximum atomic E-state index is 11.2. The zero-order chi connectivity index (χ0) is 13.4. The first-order valence-corrected chi connectivity index (χ1v) is 5.08. The molecular weight excluding hydrogens is 242 g/mol. The summed E-state index contributed by atoms with van der Waals surface area (Å²) in [5, 5.41) is 11.2. The topological polar surface area (TPSA) is 111 Å². The zero-order valence-corrected chi connectivity index (χ0v) is 9.75. The van der Waals surface area contributed by atoms with Gasteiger partial charge in [-0.3, -0.25) is 0 Å². The maximum absolute atomic E-state index is 11.2. The van der Waals surface area contributed by atoms with Crippen LogP contribution in [0.4, 0.5) is 5.82 Å². The third-order valence-corrected chi connectivity index (χ3v) is 1.80. The van der Waals surface area contributed by atoms with E-state index in [1.165, 1.54) is 13.3 Å². The quantitative estimate of drug-likeness (QED) is 0.508. The lowest BCUT2D eigenvalue weighted by Gasteiger charge is -2.06. The first kappa shape index (κ1) is 13.8. The predicted molar refractivity (Wildman–Crippen MR) is 60.3 cm³/mol. The number of carboxylic acids is 1. The normalized spacial score (nSPS) is 9.83. The second-order valence-corrected chi connectivity index (χ2v) is 3.13. The van der Waals surface area contributed by atoms with Crippen LogP contribution in [-0.2, 0) is 14.3 Å². The fraction of sp³-hybridized carbons (Fsp3) is 0.400. The molecular formula is C10H13N3O5. The van der Waals surface area contributed by atoms with Crippen molar-refractivity contribution in [1.82, 2.24) is 9.97 Å². The van der Waals surface area contributed by atoms with Crippen LogP contribution in [0.25, 0.3) is 0 Å². The molecule has 0 aromatic carbocycles. The second-order valence-electron chi connectivity index (χ2n) is 3.13. The standard InChI is InChI=1S/C10H13N3O5/c1-17-10(16)9-12-3-2-7(13-9)11-4-5-18-6-8(14)15/h2-3H,4-6H2,1H3,(H,14,15)(H,11,12,13). The smallest absolute Gasteiger partial charge is 0.376 e. The Labute approximate surface area is 103 Å². The van der Waals surface area contributed by atoms with E-state index in [1.54, 1.807) is 6.07 Å². The molecule has 0 atom stereocenters. The van der Waals surface area contributed by atoms with Crippen LogP contribution < -0.4 is 5.32 Å². The highest BCUT2D eigenvalue weighted by Crippen LogP contribution is 2.02. The summed E-state index contributed by atoms with van der Waals surface area (Å²) in [5.74, 6) is -1.26. The van der Waals surface area contributed by atoms with Gasteiger partial charge in [-0.05, 0) is 6.07 Å². The Kier molecular flexibility index (Phi) is 5.52. The molecule has 1 aromatic heterocycles. The van der Waals surface area contributed by atoms with Crippen LogP contribution in [0.2, 0.25) is 0 Å². The molecule has 8 nitrogen and oxygen atoms in total. The van der Waals surface area contributed by atoms with Gasteiger partial charge in [0.05, 0.1) is 13.7 Å². The van der Waals surface area contributed by atoms with Gasteiger partial charge in [-0.1, -0.05) is 0 Å². The fourth-order valence-electron chi connectivity index (χ4n) is 1.06. The lowest BCUT2D eigenvalue weighted by atomic mass is 10.5. The summed E-state index contributed by atoms with van der Waals surface area (Å²) in [6, 6.07) is 1.57. The Morgan fingerprint density at radius 3 is 2.94 bits per heavy atom. The molecule has 1 aromatic rings. The molecule has 0 saturated carbocycles. The number of hydrogen-bond acceptors (Lipinski definition) is 7. The molecule has 1 heterocycles. The van der Waals surface area contributed by atoms with Crippen molar-refractivity contribution in [2.24, 2.45) is 0 Å². The Bertz CT molecular complexity index is 424. The van der Waals surface area contributed by atoms with Gasteiger partial charge in [-0.15, -0.1) is 0 Å². The highest BCUT2D eigenvalue weighted by atomic mass is 16.5. The van der Waals surface area contributed by atoms with Crippen molar-refractivity contribution in [3.8, 4) is 0 Å². The first-order chi connectivity index (χ1) is 8.63. The van der Waals surface area contributed by atoms with Crippen molar-refractivity contribution in [2.45, 2.75) is 0 Å². The maximum Gasteiger partial charge on any atom is 0.376 e. The Hall–Kier alpha value is -2.22. The molecule has 0 spiro atoms. The van der Waals surface area contributed by atoms with Crippen LogP contribution in [0.3, 0.4) is 0 Å². The zero-order valence-electron chi connectivity index (χ0n) is 9.75. The van der Waals surface area contributed by atoms with Crippen LogP contribution in [-0.4, -0.2) is 53.9 Å². The lowest BCUT2D eigenvalue weighted by Crippen LogP contribution is -2.15. The van der Waals surface area contributed by atoms with Crippen molar-refractivity contribution in [1.29, 1.82) is 0 Å². The molecule has 0 radical (unpaired) electrons. The third-order valence-electron chi connectivity index (χ3n) is 1.80. The molecule has 0 bridgehead atoms. The molecule has 0 aliphatic rings. The van der Waals surface area contributed by atoms with E-state index in [2.05, 4.69) is 20.0 Å². The number of carboxylic acid groups (broad SMARTS) is 1. The van der Waals surface area contributed by atoms with E-state index in [9.17, 15) is 9.59 Å². The average Bonchev–Trinajstić information content (AvgIpc) is 2.37. The van der Waals surface area contributed by atoms with E-state index in [0.29, 0.717) is 12.4 Å². The predicted octanol–water partition coefficient (Wildman–Crippen LogP) is -0.224. The monoisotopic (exact) mass is 255 g/mol. The van der Waals surface area contributed by atoms with Crippen molar-refractivity contribution >= 4 is 17.8 Å². The van der Waals surface area contributed by atoms with Crippen molar-refractivity contribution in [3.63, 3.8) is 0 Å². The minimum atomic E-state index is -1.02. The van der Waals surface area contributed by atoms with Crippen LogP contribution in [0, 0.1) is 0 Å². The van der Waals surface area contributed by atoms with Gasteiger partial charge in [0.2, 0.25) is 5.82 Å². The van der Waals surface area contributed by atoms with Gasteiger partial charge in [0.15, 0.2) is 0 Å². The number of carbonyl (C=O) groups is 2. The molecule has 0 aliphatic heterocycles. The number of hydrogen-bond donors (Lipinski definition) is 2. The van der Waals surface area contributed by atoms with Gasteiger partial charge in [-0.2, -0.15) is 0 Å².